The number of pyridine rings is 1. The number of hydrogen-bond donors (Lipinski definition) is 2. The zero-order chi connectivity index (χ0) is 20.2. The lowest BCUT2D eigenvalue weighted by Crippen LogP contribution is -2.22. The zero-order valence-electron chi connectivity index (χ0n) is 16.4. The minimum absolute atomic E-state index is 0.177. The largest absolute Gasteiger partial charge is 0.454 e. The minimum atomic E-state index is -0.177. The number of benzene rings is 2. The second kappa shape index (κ2) is 8.22. The van der Waals surface area contributed by atoms with Crippen molar-refractivity contribution in [2.75, 3.05) is 12.1 Å². The van der Waals surface area contributed by atoms with Crippen molar-refractivity contribution >= 4 is 17.4 Å². The van der Waals surface area contributed by atoms with Crippen molar-refractivity contribution in [3.8, 4) is 11.5 Å². The molecule has 2 N–H and O–H groups in total. The molecule has 0 saturated heterocycles. The van der Waals surface area contributed by atoms with E-state index in [4.69, 9.17) is 9.47 Å². The van der Waals surface area contributed by atoms with Crippen LogP contribution in [0.1, 0.15) is 41.3 Å². The number of aromatic nitrogens is 1. The fraction of sp³-hybridized carbons (Fsp3) is 0.217. The highest BCUT2D eigenvalue weighted by Crippen LogP contribution is 2.32. The first-order valence-electron chi connectivity index (χ1n) is 9.59. The molecule has 3 aromatic rings. The maximum absolute atomic E-state index is 12.4. The summed E-state index contributed by atoms with van der Waals surface area (Å²) >= 11 is 0. The second-order valence-corrected chi connectivity index (χ2v) is 7.17. The summed E-state index contributed by atoms with van der Waals surface area (Å²) in [5.74, 6) is 2.36. The molecule has 6 heteroatoms. The number of hydrogen-bond acceptors (Lipinski definition) is 5. The highest BCUT2D eigenvalue weighted by atomic mass is 16.7. The van der Waals surface area contributed by atoms with E-state index in [-0.39, 0.29) is 12.7 Å². The van der Waals surface area contributed by atoms with Gasteiger partial charge in [-0.25, -0.2) is 4.98 Å². The predicted molar refractivity (Wildman–Crippen MR) is 112 cm³/mol. The molecule has 0 atom stereocenters. The Morgan fingerprint density at radius 2 is 1.90 bits per heavy atom. The Bertz CT molecular complexity index is 1020. The molecule has 1 aliphatic rings. The number of amides is 1. The van der Waals surface area contributed by atoms with Crippen molar-refractivity contribution in [3.63, 3.8) is 0 Å². The number of nitrogens with one attached hydrogen (secondary N) is 2. The van der Waals surface area contributed by atoms with Gasteiger partial charge in [-0.2, -0.15) is 0 Å². The first-order valence-corrected chi connectivity index (χ1v) is 9.59. The monoisotopic (exact) mass is 389 g/mol. The van der Waals surface area contributed by atoms with Crippen molar-refractivity contribution in [2.45, 2.75) is 26.3 Å². The van der Waals surface area contributed by atoms with Crippen molar-refractivity contribution < 1.29 is 14.3 Å². The van der Waals surface area contributed by atoms with Crippen LogP contribution in [0.4, 0.5) is 11.5 Å². The highest BCUT2D eigenvalue weighted by molar-refractivity contribution is 5.94. The van der Waals surface area contributed by atoms with E-state index in [1.807, 2.05) is 42.5 Å². The zero-order valence-corrected chi connectivity index (χ0v) is 16.4. The topological polar surface area (TPSA) is 72.5 Å². The normalized spacial score (nSPS) is 12.1. The molecule has 0 bridgehead atoms. The van der Waals surface area contributed by atoms with Gasteiger partial charge in [-0.05, 0) is 47.4 Å². The molecule has 1 aromatic heterocycles. The lowest BCUT2D eigenvalue weighted by Gasteiger charge is -2.14. The third kappa shape index (κ3) is 4.32. The molecule has 29 heavy (non-hydrogen) atoms. The van der Waals surface area contributed by atoms with E-state index in [1.165, 1.54) is 5.56 Å². The van der Waals surface area contributed by atoms with Gasteiger partial charge in [0.2, 0.25) is 6.79 Å². The number of fused-ring (bicyclic) bond motifs is 1. The molecule has 1 aliphatic heterocycles. The van der Waals surface area contributed by atoms with E-state index < -0.39 is 0 Å². The molecule has 1 amide bonds. The summed E-state index contributed by atoms with van der Waals surface area (Å²) in [6.07, 6.45) is 1.58. The molecule has 0 unspecified atom stereocenters. The second-order valence-electron chi connectivity index (χ2n) is 7.17. The fourth-order valence-corrected chi connectivity index (χ4v) is 3.19. The van der Waals surface area contributed by atoms with Crippen LogP contribution in [0.25, 0.3) is 0 Å². The van der Waals surface area contributed by atoms with Gasteiger partial charge in [0.1, 0.15) is 5.82 Å². The summed E-state index contributed by atoms with van der Waals surface area (Å²) < 4.78 is 10.7. The lowest BCUT2D eigenvalue weighted by atomic mass is 10.0. The molecule has 148 valence electrons. The summed E-state index contributed by atoms with van der Waals surface area (Å²) in [5.41, 5.74) is 3.70. The van der Waals surface area contributed by atoms with Crippen molar-refractivity contribution in [1.29, 1.82) is 0 Å². The lowest BCUT2D eigenvalue weighted by molar-refractivity contribution is 0.0950. The van der Waals surface area contributed by atoms with Gasteiger partial charge in [0.05, 0.1) is 5.56 Å². The first-order chi connectivity index (χ1) is 14.1. The van der Waals surface area contributed by atoms with Crippen LogP contribution in [0.5, 0.6) is 11.5 Å². The summed E-state index contributed by atoms with van der Waals surface area (Å²) in [5, 5.41) is 6.24. The average molecular weight is 389 g/mol. The van der Waals surface area contributed by atoms with Crippen LogP contribution in [0, 0.1) is 0 Å². The van der Waals surface area contributed by atoms with E-state index in [2.05, 4.69) is 35.5 Å². The number of carbonyl (C=O) groups is 1. The van der Waals surface area contributed by atoms with Gasteiger partial charge in [0, 0.05) is 18.4 Å². The maximum atomic E-state index is 12.4. The van der Waals surface area contributed by atoms with E-state index in [1.54, 1.807) is 12.3 Å². The quantitative estimate of drug-likeness (QED) is 0.644. The molecule has 0 fully saturated rings. The molecule has 2 aromatic carbocycles. The highest BCUT2D eigenvalue weighted by Gasteiger charge is 2.14. The van der Waals surface area contributed by atoms with Crippen LogP contribution in [0.15, 0.2) is 60.8 Å². The molecule has 0 saturated carbocycles. The van der Waals surface area contributed by atoms with Gasteiger partial charge in [-0.15, -0.1) is 0 Å². The Labute approximate surface area is 169 Å². The maximum Gasteiger partial charge on any atom is 0.253 e. The Hall–Kier alpha value is -3.54. The Morgan fingerprint density at radius 3 is 2.69 bits per heavy atom. The SMILES string of the molecule is CC(C)c1ccccc1Nc1ccc(C(=O)NCc2ccc3c(c2)OCO3)cn1. The summed E-state index contributed by atoms with van der Waals surface area (Å²) in [4.78, 5) is 16.8. The number of ether oxygens (including phenoxy) is 2. The van der Waals surface area contributed by atoms with Crippen molar-refractivity contribution in [1.82, 2.24) is 10.3 Å². The number of rotatable bonds is 6. The molecule has 4 rings (SSSR count). The summed E-state index contributed by atoms with van der Waals surface area (Å²) in [7, 11) is 0. The Morgan fingerprint density at radius 1 is 1.07 bits per heavy atom. The molecular weight excluding hydrogens is 366 g/mol. The fourth-order valence-electron chi connectivity index (χ4n) is 3.19. The van der Waals surface area contributed by atoms with Crippen molar-refractivity contribution in [3.05, 3.63) is 77.5 Å². The third-order valence-electron chi connectivity index (χ3n) is 4.76. The van der Waals surface area contributed by atoms with Gasteiger partial charge in [-0.1, -0.05) is 38.1 Å². The number of nitrogens with zero attached hydrogens (tertiary/aromatic N) is 1. The smallest absolute Gasteiger partial charge is 0.253 e. The van der Waals surface area contributed by atoms with Crippen LogP contribution in [0.2, 0.25) is 0 Å². The average Bonchev–Trinajstić information content (AvgIpc) is 3.21. The molecule has 0 spiro atoms. The van der Waals surface area contributed by atoms with Crippen LogP contribution in [-0.4, -0.2) is 17.7 Å². The summed E-state index contributed by atoms with van der Waals surface area (Å²) in [6.45, 7) is 4.94. The van der Waals surface area contributed by atoms with E-state index in [0.717, 1.165) is 17.0 Å². The number of para-hydroxylation sites is 1. The third-order valence-corrected chi connectivity index (χ3v) is 4.76. The molecule has 6 nitrogen and oxygen atoms in total. The van der Waals surface area contributed by atoms with Crippen molar-refractivity contribution in [2.24, 2.45) is 0 Å². The van der Waals surface area contributed by atoms with Gasteiger partial charge in [0.25, 0.3) is 5.91 Å². The predicted octanol–water partition coefficient (Wildman–Crippen LogP) is 4.61. The molecule has 2 heterocycles. The Balaban J connectivity index is 1.38. The minimum Gasteiger partial charge on any atom is -0.454 e. The molecule has 0 aliphatic carbocycles. The molecular formula is C23H23N3O3. The van der Waals surface area contributed by atoms with E-state index in [0.29, 0.717) is 29.6 Å². The number of anilines is 2. The standard InChI is InChI=1S/C23H23N3O3/c1-15(2)18-5-3-4-6-19(18)26-22-10-8-17(13-24-22)23(27)25-12-16-7-9-20-21(11-16)29-14-28-20/h3-11,13,15H,12,14H2,1-2H3,(H,24,26)(H,25,27). The van der Waals surface area contributed by atoms with Crippen LogP contribution < -0.4 is 20.1 Å². The summed E-state index contributed by atoms with van der Waals surface area (Å²) in [6, 6.07) is 17.4. The van der Waals surface area contributed by atoms with Crippen LogP contribution in [-0.2, 0) is 6.54 Å². The van der Waals surface area contributed by atoms with Gasteiger partial charge < -0.3 is 20.1 Å². The van der Waals surface area contributed by atoms with Crippen LogP contribution in [0.3, 0.4) is 0 Å². The molecule has 0 radical (unpaired) electrons. The Kier molecular flexibility index (Phi) is 5.33. The number of carbonyl (C=O) groups excluding carboxylic acids is 1. The van der Waals surface area contributed by atoms with E-state index >= 15 is 0 Å². The van der Waals surface area contributed by atoms with E-state index in [9.17, 15) is 4.79 Å². The first kappa shape index (κ1) is 18.8. The van der Waals surface area contributed by atoms with Gasteiger partial charge >= 0.3 is 0 Å². The van der Waals surface area contributed by atoms with Crippen LogP contribution >= 0.6 is 0 Å². The van der Waals surface area contributed by atoms with Gasteiger partial charge in [-0.3, -0.25) is 4.79 Å². The van der Waals surface area contributed by atoms with Gasteiger partial charge in [0.15, 0.2) is 11.5 Å².